The second kappa shape index (κ2) is 46.9. The molecule has 0 saturated heterocycles. The Balaban J connectivity index is 2.08. The molecule has 0 fully saturated rings. The minimum absolute atomic E-state index is 0.00401. The van der Waals surface area contributed by atoms with Gasteiger partial charge in [-0.05, 0) is 51.9 Å². The number of carboxylic acids is 3. The van der Waals surface area contributed by atoms with Crippen LogP contribution >= 0.6 is 0 Å². The normalized spacial score (nSPS) is 12.0. The lowest BCUT2D eigenvalue weighted by Gasteiger charge is -2.16. The van der Waals surface area contributed by atoms with Crippen molar-refractivity contribution in [2.45, 2.75) is 186 Å². The molecular formula is C57H92N4O19S. The van der Waals surface area contributed by atoms with Gasteiger partial charge in [0.15, 0.2) is 11.6 Å². The zero-order valence-electron chi connectivity index (χ0n) is 47.6. The number of benzene rings is 1. The van der Waals surface area contributed by atoms with Crippen molar-refractivity contribution >= 4 is 68.9 Å². The van der Waals surface area contributed by atoms with Gasteiger partial charge >= 0.3 is 17.9 Å². The molecule has 24 heteroatoms. The monoisotopic (exact) mass is 1170 g/mol. The third kappa shape index (κ3) is 43.7. The summed E-state index contributed by atoms with van der Waals surface area (Å²) in [5.74, 6) is -7.92. The molecule has 0 saturated carbocycles. The maximum absolute atomic E-state index is 12.6. The first-order valence-electron chi connectivity index (χ1n) is 28.8. The van der Waals surface area contributed by atoms with Crippen molar-refractivity contribution in [1.82, 2.24) is 20.7 Å². The molecule has 0 radical (unpaired) electrons. The summed E-state index contributed by atoms with van der Waals surface area (Å²) in [6.45, 7) is 2.41. The number of nitrogens with one attached hydrogen (secondary N) is 4. The standard InChI is InChI=1S/C57H92N4O19S/c1-44-24-26-45(27-25-44)50(64)20-16-32-58-54(68)43-80-39-36-77-34-17-19-47(62)29-30-49(57(73)74)60-52(66)31-28-46(56(71)72)41-48(63)42-79-38-37-78-35-33-59-51(65)22-18-40-81(75,76)61-53(67)21-14-12-10-8-6-4-2-3-5-7-9-11-13-15-23-55(69)70/h24-27,46,49H,2-23,28-43H2,1H3,(H,58,68)(H,59,65)(H,60,66)(H,61,67)(H,69,70)(H,71,72)(H,73,74). The predicted octanol–water partition coefficient (Wildman–Crippen LogP) is 5.95. The molecule has 7 N–H and O–H groups in total. The molecule has 2 unspecified atom stereocenters. The van der Waals surface area contributed by atoms with Gasteiger partial charge in [-0.1, -0.05) is 107 Å². The summed E-state index contributed by atoms with van der Waals surface area (Å²) in [6.07, 6.45) is 14.6. The fourth-order valence-corrected chi connectivity index (χ4v) is 9.29. The van der Waals surface area contributed by atoms with Gasteiger partial charge in [-0.15, -0.1) is 0 Å². The molecule has 1 aromatic carbocycles. The number of amides is 4. The van der Waals surface area contributed by atoms with Crippen molar-refractivity contribution in [3.05, 3.63) is 35.4 Å². The summed E-state index contributed by atoms with van der Waals surface area (Å²) in [7, 11) is -3.88. The number of carbonyl (C=O) groups is 10. The van der Waals surface area contributed by atoms with Gasteiger partial charge in [0.05, 0.1) is 44.7 Å². The van der Waals surface area contributed by atoms with E-state index in [4.69, 9.17) is 24.1 Å². The summed E-state index contributed by atoms with van der Waals surface area (Å²) in [6, 6.07) is 5.90. The number of aryl methyl sites for hydroxylation is 1. The van der Waals surface area contributed by atoms with Gasteiger partial charge in [0.2, 0.25) is 33.7 Å². The smallest absolute Gasteiger partial charge is 0.326 e. The number of ether oxygens (including phenoxy) is 4. The molecule has 1 rings (SSSR count). The van der Waals surface area contributed by atoms with Crippen LogP contribution < -0.4 is 20.7 Å². The van der Waals surface area contributed by atoms with Crippen LogP contribution in [0.2, 0.25) is 0 Å². The Morgan fingerprint density at radius 2 is 1.01 bits per heavy atom. The van der Waals surface area contributed by atoms with Crippen molar-refractivity contribution in [2.75, 3.05) is 71.7 Å². The van der Waals surface area contributed by atoms with E-state index >= 15 is 0 Å². The number of rotatable bonds is 55. The first-order chi connectivity index (χ1) is 38.8. The molecule has 0 bridgehead atoms. The number of hydrogen-bond donors (Lipinski definition) is 7. The van der Waals surface area contributed by atoms with E-state index in [-0.39, 0.29) is 134 Å². The number of unbranched alkanes of at least 4 members (excludes halogenated alkanes) is 13. The average molecular weight is 1170 g/mol. The highest BCUT2D eigenvalue weighted by atomic mass is 32.2. The summed E-state index contributed by atoms with van der Waals surface area (Å²) in [4.78, 5) is 120. The quantitative estimate of drug-likeness (QED) is 0.0293. The average Bonchev–Trinajstić information content (AvgIpc) is 3.40. The van der Waals surface area contributed by atoms with Crippen LogP contribution in [0.3, 0.4) is 0 Å². The van der Waals surface area contributed by atoms with Gasteiger partial charge < -0.3 is 50.2 Å². The van der Waals surface area contributed by atoms with Gasteiger partial charge in [-0.2, -0.15) is 0 Å². The highest BCUT2D eigenvalue weighted by Crippen LogP contribution is 2.16. The van der Waals surface area contributed by atoms with Gasteiger partial charge in [0.25, 0.3) is 0 Å². The highest BCUT2D eigenvalue weighted by Gasteiger charge is 2.25. The molecule has 0 aliphatic carbocycles. The Morgan fingerprint density at radius 3 is 1.60 bits per heavy atom. The second-order valence-corrected chi connectivity index (χ2v) is 22.0. The maximum atomic E-state index is 12.6. The van der Waals surface area contributed by atoms with Crippen LogP contribution in [0, 0.1) is 12.8 Å². The van der Waals surface area contributed by atoms with Crippen LogP contribution in [0.4, 0.5) is 0 Å². The van der Waals surface area contributed by atoms with Crippen LogP contribution in [0.5, 0.6) is 0 Å². The molecule has 460 valence electrons. The fraction of sp³-hybridized carbons (Fsp3) is 0.719. The molecule has 0 aromatic heterocycles. The van der Waals surface area contributed by atoms with E-state index in [1.165, 1.54) is 25.7 Å². The molecule has 1 aromatic rings. The number of carbonyl (C=O) groups excluding carboxylic acids is 7. The summed E-state index contributed by atoms with van der Waals surface area (Å²) in [5.41, 5.74) is 1.69. The maximum Gasteiger partial charge on any atom is 0.326 e. The Hall–Kier alpha value is -5.69. The van der Waals surface area contributed by atoms with Crippen molar-refractivity contribution in [1.29, 1.82) is 0 Å². The van der Waals surface area contributed by atoms with Crippen LogP contribution in [0.1, 0.15) is 189 Å². The summed E-state index contributed by atoms with van der Waals surface area (Å²) >= 11 is 0. The van der Waals surface area contributed by atoms with E-state index in [0.29, 0.717) is 37.8 Å². The SMILES string of the molecule is Cc1ccc(C(=O)CCCNC(=O)COCCOCCCC(=O)CCC(NC(=O)CCC(CC(=O)COCCOCCNC(=O)CCCS(=O)(=O)NC(=O)CCCCCCCCCCCCCCCCC(=O)O)C(=O)O)C(=O)O)cc1. The Kier molecular flexibility index (Phi) is 42.4. The minimum Gasteiger partial charge on any atom is -0.481 e. The third-order valence-electron chi connectivity index (χ3n) is 12.8. The number of ketones is 3. The zero-order valence-corrected chi connectivity index (χ0v) is 48.4. The van der Waals surface area contributed by atoms with Crippen molar-refractivity contribution < 1.29 is 90.6 Å². The van der Waals surface area contributed by atoms with Gasteiger partial charge in [-0.3, -0.25) is 47.9 Å². The highest BCUT2D eigenvalue weighted by molar-refractivity contribution is 7.90. The van der Waals surface area contributed by atoms with Crippen molar-refractivity contribution in [2.24, 2.45) is 5.92 Å². The molecule has 0 heterocycles. The molecule has 0 spiro atoms. The minimum atomic E-state index is -3.88. The topological polar surface area (TPSA) is 351 Å². The molecular weight excluding hydrogens is 1080 g/mol. The van der Waals surface area contributed by atoms with E-state index in [0.717, 1.165) is 63.4 Å². The van der Waals surface area contributed by atoms with E-state index in [2.05, 4.69) is 20.7 Å². The van der Waals surface area contributed by atoms with Crippen LogP contribution in [-0.2, 0) is 72.1 Å². The largest absolute Gasteiger partial charge is 0.481 e. The molecule has 23 nitrogen and oxygen atoms in total. The lowest BCUT2D eigenvalue weighted by molar-refractivity contribution is -0.145. The van der Waals surface area contributed by atoms with E-state index in [1.54, 1.807) is 12.1 Å². The first-order valence-corrected chi connectivity index (χ1v) is 30.4. The second-order valence-electron chi connectivity index (χ2n) is 20.2. The molecule has 2 atom stereocenters. The Labute approximate surface area is 477 Å². The summed E-state index contributed by atoms with van der Waals surface area (Å²) in [5, 5.41) is 35.5. The number of carboxylic acid groups (broad SMARTS) is 3. The van der Waals surface area contributed by atoms with Gasteiger partial charge in [-0.25, -0.2) is 13.2 Å². The lowest BCUT2D eigenvalue weighted by atomic mass is 9.97. The van der Waals surface area contributed by atoms with Crippen molar-refractivity contribution in [3.8, 4) is 0 Å². The van der Waals surface area contributed by atoms with E-state index < -0.39 is 76.4 Å². The molecule has 4 amide bonds. The van der Waals surface area contributed by atoms with E-state index in [9.17, 15) is 66.6 Å². The van der Waals surface area contributed by atoms with Crippen molar-refractivity contribution in [3.63, 3.8) is 0 Å². The summed E-state index contributed by atoms with van der Waals surface area (Å²) < 4.78 is 48.1. The van der Waals surface area contributed by atoms with Crippen LogP contribution in [-0.4, -0.2) is 160 Å². The molecule has 0 aliphatic rings. The first kappa shape index (κ1) is 73.3. The Bertz CT molecular complexity index is 2140. The van der Waals surface area contributed by atoms with Crippen LogP contribution in [0.25, 0.3) is 0 Å². The molecule has 0 aliphatic heterocycles. The Morgan fingerprint density at radius 1 is 0.469 bits per heavy atom. The van der Waals surface area contributed by atoms with Gasteiger partial charge in [0.1, 0.15) is 25.0 Å². The van der Waals surface area contributed by atoms with Crippen LogP contribution in [0.15, 0.2) is 24.3 Å². The third-order valence-corrected chi connectivity index (χ3v) is 14.2. The zero-order chi connectivity index (χ0) is 59.9. The lowest BCUT2D eigenvalue weighted by Crippen LogP contribution is -2.41. The van der Waals surface area contributed by atoms with Gasteiger partial charge in [0, 0.05) is 76.6 Å². The number of Topliss-reactive ketones (excluding diaryl/α,β-unsaturated/α-hetero) is 3. The molecule has 81 heavy (non-hydrogen) atoms. The number of sulfonamides is 1. The van der Waals surface area contributed by atoms with E-state index in [1.807, 2.05) is 19.1 Å². The number of aliphatic carboxylic acids is 3. The number of hydrogen-bond acceptors (Lipinski definition) is 16. The predicted molar refractivity (Wildman–Crippen MR) is 300 cm³/mol. The fourth-order valence-electron chi connectivity index (χ4n) is 8.21.